The van der Waals surface area contributed by atoms with Crippen LogP contribution in [0.25, 0.3) is 5.65 Å². The Morgan fingerprint density at radius 1 is 1.28 bits per heavy atom. The summed E-state index contributed by atoms with van der Waals surface area (Å²) in [5.74, 6) is -0.417. The predicted octanol–water partition coefficient (Wildman–Crippen LogP) is 1.44. The Kier molecular flexibility index (Phi) is 6.07. The van der Waals surface area contributed by atoms with Gasteiger partial charge in [-0.1, -0.05) is 12.1 Å². The molecule has 1 saturated heterocycles. The van der Waals surface area contributed by atoms with Crippen LogP contribution in [-0.2, 0) is 10.0 Å². The minimum Gasteiger partial charge on any atom is -0.351 e. The second-order valence-corrected chi connectivity index (χ2v) is 9.42. The average Bonchev–Trinajstić information content (AvgIpc) is 3.33. The molecule has 0 saturated carbocycles. The number of carbonyl (C=O) groups excluding carboxylic acids is 1. The Morgan fingerprint density at radius 3 is 2.84 bits per heavy atom. The molecular weight excluding hydrogens is 442 g/mol. The molecule has 1 aliphatic rings. The van der Waals surface area contributed by atoms with Crippen molar-refractivity contribution >= 4 is 27.4 Å². The van der Waals surface area contributed by atoms with E-state index in [-0.39, 0.29) is 37.3 Å². The third-order valence-electron chi connectivity index (χ3n) is 5.15. The highest BCUT2D eigenvalue weighted by molar-refractivity contribution is 7.88. The number of nitrogens with one attached hydrogen (secondary N) is 2. The first-order valence-electron chi connectivity index (χ1n) is 9.94. The van der Waals surface area contributed by atoms with E-state index in [4.69, 9.17) is 0 Å². The summed E-state index contributed by atoms with van der Waals surface area (Å²) < 4.78 is 54.0. The second-order valence-electron chi connectivity index (χ2n) is 7.59. The normalized spacial score (nSPS) is 18.9. The van der Waals surface area contributed by atoms with Crippen LogP contribution in [0.5, 0.6) is 0 Å². The van der Waals surface area contributed by atoms with Crippen LogP contribution >= 0.6 is 0 Å². The second kappa shape index (κ2) is 8.79. The largest absolute Gasteiger partial charge is 0.351 e. The molecule has 0 unspecified atom stereocenters. The van der Waals surface area contributed by atoms with Gasteiger partial charge in [0, 0.05) is 25.7 Å². The van der Waals surface area contributed by atoms with Crippen LogP contribution in [0.4, 0.5) is 14.6 Å². The van der Waals surface area contributed by atoms with E-state index < -0.39 is 34.0 Å². The van der Waals surface area contributed by atoms with E-state index >= 15 is 0 Å². The number of aromatic nitrogens is 3. The smallest absolute Gasteiger partial charge is 0.256 e. The molecule has 2 N–H and O–H groups in total. The minimum atomic E-state index is -3.35. The molecule has 12 heteroatoms. The molecule has 0 spiro atoms. The number of carbonyl (C=O) groups is 1. The maximum atomic E-state index is 14.3. The van der Waals surface area contributed by atoms with Crippen LogP contribution in [0, 0.1) is 5.82 Å². The van der Waals surface area contributed by atoms with Crippen LogP contribution in [0.15, 0.2) is 42.7 Å². The lowest BCUT2D eigenvalue weighted by Gasteiger charge is -2.25. The van der Waals surface area contributed by atoms with Gasteiger partial charge >= 0.3 is 0 Å². The van der Waals surface area contributed by atoms with Crippen LogP contribution in [0.2, 0.25) is 0 Å². The third-order valence-corrected chi connectivity index (χ3v) is 5.88. The molecule has 0 radical (unpaired) electrons. The lowest BCUT2D eigenvalue weighted by Crippen LogP contribution is -2.34. The Hall–Kier alpha value is -3.12. The first kappa shape index (κ1) is 22.1. The maximum absolute atomic E-state index is 14.3. The molecule has 1 fully saturated rings. The van der Waals surface area contributed by atoms with Crippen molar-refractivity contribution in [2.75, 3.05) is 30.8 Å². The lowest BCUT2D eigenvalue weighted by molar-refractivity contribution is 0.0955. The lowest BCUT2D eigenvalue weighted by atomic mass is 10.0. The molecule has 3 heterocycles. The number of rotatable bonds is 7. The minimum absolute atomic E-state index is 0.0451. The molecule has 2 atom stereocenters. The highest BCUT2D eigenvalue weighted by atomic mass is 32.2. The van der Waals surface area contributed by atoms with Gasteiger partial charge in [-0.25, -0.2) is 31.4 Å². The maximum Gasteiger partial charge on any atom is 0.256 e. The summed E-state index contributed by atoms with van der Waals surface area (Å²) in [6.45, 7) is 0.223. The number of sulfonamides is 1. The number of amides is 1. The van der Waals surface area contributed by atoms with E-state index in [1.54, 1.807) is 29.3 Å². The number of benzene rings is 1. The topological polar surface area (TPSA) is 109 Å². The van der Waals surface area contributed by atoms with Crippen molar-refractivity contribution in [2.24, 2.45) is 0 Å². The van der Waals surface area contributed by atoms with Gasteiger partial charge in [0.25, 0.3) is 5.91 Å². The summed E-state index contributed by atoms with van der Waals surface area (Å²) in [4.78, 5) is 18.8. The van der Waals surface area contributed by atoms with E-state index in [1.807, 2.05) is 0 Å². The Labute approximate surface area is 183 Å². The molecule has 2 aromatic heterocycles. The summed E-state index contributed by atoms with van der Waals surface area (Å²) in [7, 11) is -3.35. The number of hydrogen-bond donors (Lipinski definition) is 2. The quantitative estimate of drug-likeness (QED) is 0.512. The fourth-order valence-corrected chi connectivity index (χ4v) is 4.23. The van der Waals surface area contributed by atoms with E-state index in [1.165, 1.54) is 22.8 Å². The average molecular weight is 464 g/mol. The number of hydrogen-bond acceptors (Lipinski definition) is 6. The Bertz CT molecular complexity index is 1250. The van der Waals surface area contributed by atoms with Gasteiger partial charge in [-0.3, -0.25) is 4.79 Å². The summed E-state index contributed by atoms with van der Waals surface area (Å²) in [6.07, 6.45) is 3.11. The van der Waals surface area contributed by atoms with E-state index in [0.717, 1.165) is 6.26 Å². The standard InChI is InChI=1S/C20H22F2N6O3S/c1-32(30,31)25-7-6-23-20(29)16-11-24-28-8-5-18(26-19(16)28)27-12-15(22)10-17(27)13-3-2-4-14(21)9-13/h2-5,8-9,11,15,17,25H,6-7,10,12H2,1H3,(H,23,29)/t15-,17+/m0/s1. The summed E-state index contributed by atoms with van der Waals surface area (Å²) in [6, 6.07) is 7.34. The zero-order chi connectivity index (χ0) is 22.9. The van der Waals surface area contributed by atoms with Crippen molar-refractivity contribution in [2.45, 2.75) is 18.6 Å². The van der Waals surface area contributed by atoms with Crippen LogP contribution in [0.1, 0.15) is 28.4 Å². The summed E-state index contributed by atoms with van der Waals surface area (Å²) in [5.41, 5.74) is 1.12. The summed E-state index contributed by atoms with van der Waals surface area (Å²) >= 11 is 0. The van der Waals surface area contributed by atoms with Gasteiger partial charge in [0.2, 0.25) is 10.0 Å². The highest BCUT2D eigenvalue weighted by Crippen LogP contribution is 2.37. The number of fused-ring (bicyclic) bond motifs is 1. The van der Waals surface area contributed by atoms with Crippen LogP contribution in [0.3, 0.4) is 0 Å². The van der Waals surface area contributed by atoms with E-state index in [2.05, 4.69) is 20.1 Å². The van der Waals surface area contributed by atoms with Gasteiger partial charge in [-0.05, 0) is 23.8 Å². The Morgan fingerprint density at radius 2 is 2.09 bits per heavy atom. The fraction of sp³-hybridized carbons (Fsp3) is 0.350. The van der Waals surface area contributed by atoms with Gasteiger partial charge in [0.1, 0.15) is 23.4 Å². The summed E-state index contributed by atoms with van der Waals surface area (Å²) in [5, 5.41) is 6.73. The molecule has 32 heavy (non-hydrogen) atoms. The molecule has 1 amide bonds. The molecule has 1 aromatic carbocycles. The molecule has 170 valence electrons. The Balaban J connectivity index is 1.57. The number of anilines is 1. The number of alkyl halides is 1. The van der Waals surface area contributed by atoms with Crippen molar-refractivity contribution in [3.05, 3.63) is 59.7 Å². The molecule has 1 aliphatic heterocycles. The molecule has 3 aromatic rings. The number of nitrogens with zero attached hydrogens (tertiary/aromatic N) is 4. The SMILES string of the molecule is CS(=O)(=O)NCCNC(=O)c1cnn2ccc(N3C[C@@H](F)C[C@@H]3c3cccc(F)c3)nc12. The van der Waals surface area contributed by atoms with Crippen LogP contribution in [-0.4, -0.2) is 61.0 Å². The monoisotopic (exact) mass is 464 g/mol. The molecule has 0 aliphatic carbocycles. The van der Waals surface area contributed by atoms with Crippen LogP contribution < -0.4 is 14.9 Å². The number of halogens is 2. The highest BCUT2D eigenvalue weighted by Gasteiger charge is 2.34. The zero-order valence-corrected chi connectivity index (χ0v) is 18.0. The van der Waals surface area contributed by atoms with E-state index in [0.29, 0.717) is 11.4 Å². The first-order chi connectivity index (χ1) is 15.2. The van der Waals surface area contributed by atoms with Gasteiger partial charge in [-0.2, -0.15) is 5.10 Å². The molecule has 9 nitrogen and oxygen atoms in total. The molecule has 4 rings (SSSR count). The van der Waals surface area contributed by atoms with Gasteiger partial charge < -0.3 is 10.2 Å². The molecular formula is C20H22F2N6O3S. The van der Waals surface area contributed by atoms with Crippen molar-refractivity contribution in [3.8, 4) is 0 Å². The third kappa shape index (κ3) is 4.86. The van der Waals surface area contributed by atoms with Crippen molar-refractivity contribution < 1.29 is 22.0 Å². The van der Waals surface area contributed by atoms with E-state index in [9.17, 15) is 22.0 Å². The first-order valence-corrected chi connectivity index (χ1v) is 11.8. The molecule has 0 bridgehead atoms. The predicted molar refractivity (Wildman–Crippen MR) is 114 cm³/mol. The fourth-order valence-electron chi connectivity index (χ4n) is 3.75. The van der Waals surface area contributed by atoms with Crippen molar-refractivity contribution in [3.63, 3.8) is 0 Å². The van der Waals surface area contributed by atoms with Gasteiger partial charge in [0.15, 0.2) is 5.65 Å². The van der Waals surface area contributed by atoms with Crippen molar-refractivity contribution in [1.82, 2.24) is 24.6 Å². The van der Waals surface area contributed by atoms with Gasteiger partial charge in [0.05, 0.1) is 25.0 Å². The van der Waals surface area contributed by atoms with Gasteiger partial charge in [-0.15, -0.1) is 0 Å². The zero-order valence-electron chi connectivity index (χ0n) is 17.2. The van der Waals surface area contributed by atoms with Crippen molar-refractivity contribution in [1.29, 1.82) is 0 Å².